The van der Waals surface area contributed by atoms with Gasteiger partial charge in [-0.25, -0.2) is 9.07 Å². The monoisotopic (exact) mass is 274 g/mol. The summed E-state index contributed by atoms with van der Waals surface area (Å²) in [5.41, 5.74) is 7.01. The van der Waals surface area contributed by atoms with Gasteiger partial charge in [-0.1, -0.05) is 10.4 Å². The van der Waals surface area contributed by atoms with Gasteiger partial charge in [0.2, 0.25) is 11.7 Å². The number of nitrogen functional groups attached to an aromatic ring is 1. The minimum absolute atomic E-state index is 0.282. The Morgan fingerprint density at radius 3 is 2.70 bits per heavy atom. The molecule has 2 heterocycles. The smallest absolute Gasteiger partial charge is 0.248 e. The first-order chi connectivity index (χ1) is 9.63. The van der Waals surface area contributed by atoms with E-state index in [0.717, 1.165) is 5.69 Å². The second kappa shape index (κ2) is 4.72. The number of nitrogens with two attached hydrogens (primary N) is 1. The molecule has 0 aliphatic rings. The van der Waals surface area contributed by atoms with Crippen LogP contribution in [0.3, 0.4) is 0 Å². The maximum Gasteiger partial charge on any atom is 0.248 e. The van der Waals surface area contributed by atoms with Crippen LogP contribution in [0.25, 0.3) is 11.4 Å². The van der Waals surface area contributed by atoms with E-state index in [2.05, 4.69) is 20.5 Å². The molecular weight excluding hydrogens is 263 g/mol. The number of halogens is 1. The molecule has 7 nitrogen and oxygen atoms in total. The molecule has 0 aliphatic heterocycles. The number of rotatable bonds is 3. The minimum atomic E-state index is -0.314. The third-order valence-corrected chi connectivity index (χ3v) is 2.87. The highest BCUT2D eigenvalue weighted by atomic mass is 19.1. The third-order valence-electron chi connectivity index (χ3n) is 2.87. The van der Waals surface area contributed by atoms with Gasteiger partial charge in [0.15, 0.2) is 5.82 Å². The highest BCUT2D eigenvalue weighted by molar-refractivity contribution is 5.53. The van der Waals surface area contributed by atoms with Gasteiger partial charge in [0.25, 0.3) is 0 Å². The highest BCUT2D eigenvalue weighted by Crippen LogP contribution is 2.16. The van der Waals surface area contributed by atoms with Crippen molar-refractivity contribution in [2.75, 3.05) is 5.73 Å². The van der Waals surface area contributed by atoms with Gasteiger partial charge in [0.05, 0.1) is 5.69 Å². The number of hydrogen-bond donors (Lipinski definition) is 1. The Balaban J connectivity index is 1.83. The van der Waals surface area contributed by atoms with Crippen molar-refractivity contribution in [1.82, 2.24) is 25.1 Å². The van der Waals surface area contributed by atoms with E-state index in [0.29, 0.717) is 23.1 Å². The van der Waals surface area contributed by atoms with Crippen molar-refractivity contribution in [3.05, 3.63) is 41.7 Å². The quantitative estimate of drug-likeness (QED) is 0.775. The zero-order valence-corrected chi connectivity index (χ0v) is 10.6. The predicted molar refractivity (Wildman–Crippen MR) is 68.0 cm³/mol. The average Bonchev–Trinajstić information content (AvgIpc) is 3.02. The molecule has 0 atom stereocenters. The lowest BCUT2D eigenvalue weighted by Crippen LogP contribution is -2.04. The highest BCUT2D eigenvalue weighted by Gasteiger charge is 2.12. The van der Waals surface area contributed by atoms with Crippen LogP contribution in [0.1, 0.15) is 11.6 Å². The molecule has 2 N–H and O–H groups in total. The normalized spacial score (nSPS) is 10.9. The van der Waals surface area contributed by atoms with Crippen molar-refractivity contribution >= 4 is 5.82 Å². The lowest BCUT2D eigenvalue weighted by Gasteiger charge is -1.97. The molecule has 1 aromatic carbocycles. The molecule has 0 aliphatic carbocycles. The van der Waals surface area contributed by atoms with Crippen LogP contribution in [0.4, 0.5) is 10.2 Å². The molecule has 102 valence electrons. The number of aromatic nitrogens is 5. The molecule has 2 aromatic heterocycles. The molecule has 0 amide bonds. The molecule has 8 heteroatoms. The molecule has 0 saturated heterocycles. The molecular formula is C12H11FN6O. The first-order valence-electron chi connectivity index (χ1n) is 5.87. The average molecular weight is 274 g/mol. The molecule has 0 fully saturated rings. The van der Waals surface area contributed by atoms with E-state index in [1.165, 1.54) is 12.1 Å². The Morgan fingerprint density at radius 1 is 1.30 bits per heavy atom. The van der Waals surface area contributed by atoms with Gasteiger partial charge in [0.1, 0.15) is 12.4 Å². The Kier molecular flexibility index (Phi) is 2.90. The summed E-state index contributed by atoms with van der Waals surface area (Å²) < 4.78 is 19.5. The van der Waals surface area contributed by atoms with Gasteiger partial charge in [0, 0.05) is 5.56 Å². The number of benzene rings is 1. The summed E-state index contributed by atoms with van der Waals surface area (Å²) in [6.45, 7) is 2.08. The Labute approximate surface area is 113 Å². The van der Waals surface area contributed by atoms with Crippen LogP contribution in [-0.2, 0) is 6.54 Å². The van der Waals surface area contributed by atoms with Gasteiger partial charge < -0.3 is 10.3 Å². The summed E-state index contributed by atoms with van der Waals surface area (Å²) in [5, 5.41) is 11.5. The largest absolute Gasteiger partial charge is 0.381 e. The second-order valence-corrected chi connectivity index (χ2v) is 4.24. The van der Waals surface area contributed by atoms with Gasteiger partial charge in [-0.3, -0.25) is 0 Å². The van der Waals surface area contributed by atoms with E-state index >= 15 is 0 Å². The van der Waals surface area contributed by atoms with E-state index < -0.39 is 0 Å². The second-order valence-electron chi connectivity index (χ2n) is 4.24. The summed E-state index contributed by atoms with van der Waals surface area (Å²) >= 11 is 0. The van der Waals surface area contributed by atoms with E-state index in [1.807, 2.05) is 0 Å². The van der Waals surface area contributed by atoms with Crippen LogP contribution in [0, 0.1) is 12.7 Å². The van der Waals surface area contributed by atoms with Crippen LogP contribution in [0.5, 0.6) is 0 Å². The first-order valence-corrected chi connectivity index (χ1v) is 5.87. The van der Waals surface area contributed by atoms with Gasteiger partial charge >= 0.3 is 0 Å². The van der Waals surface area contributed by atoms with Crippen molar-refractivity contribution in [3.8, 4) is 11.4 Å². The van der Waals surface area contributed by atoms with Crippen molar-refractivity contribution in [2.45, 2.75) is 13.5 Å². The zero-order valence-electron chi connectivity index (χ0n) is 10.6. The fraction of sp³-hybridized carbons (Fsp3) is 0.167. The third kappa shape index (κ3) is 2.22. The van der Waals surface area contributed by atoms with E-state index in [-0.39, 0.29) is 12.4 Å². The zero-order chi connectivity index (χ0) is 14.1. The Bertz CT molecular complexity index is 733. The molecule has 0 unspecified atom stereocenters. The topological polar surface area (TPSA) is 95.7 Å². The van der Waals surface area contributed by atoms with Crippen LogP contribution >= 0.6 is 0 Å². The van der Waals surface area contributed by atoms with Gasteiger partial charge in [-0.15, -0.1) is 5.10 Å². The number of anilines is 1. The molecule has 0 spiro atoms. The lowest BCUT2D eigenvalue weighted by atomic mass is 10.2. The summed E-state index contributed by atoms with van der Waals surface area (Å²) in [6.07, 6.45) is 0. The maximum absolute atomic E-state index is 12.8. The number of nitrogens with zero attached hydrogens (tertiary/aromatic N) is 5. The molecule has 0 saturated carbocycles. The molecule has 3 aromatic rings. The van der Waals surface area contributed by atoms with Gasteiger partial charge in [-0.05, 0) is 31.2 Å². The Morgan fingerprint density at radius 2 is 2.05 bits per heavy atom. The van der Waals surface area contributed by atoms with Crippen LogP contribution in [-0.4, -0.2) is 25.1 Å². The standard InChI is InChI=1S/C12H11FN6O/c1-7-11(14)16-18-19(7)6-10-15-12(17-20-10)8-2-4-9(13)5-3-8/h2-5H,6,14H2,1H3. The number of hydrogen-bond acceptors (Lipinski definition) is 6. The Hall–Kier alpha value is -2.77. The van der Waals surface area contributed by atoms with Crippen molar-refractivity contribution < 1.29 is 8.91 Å². The summed E-state index contributed by atoms with van der Waals surface area (Å²) in [4.78, 5) is 4.23. The van der Waals surface area contributed by atoms with Crippen molar-refractivity contribution in [3.63, 3.8) is 0 Å². The van der Waals surface area contributed by atoms with E-state index in [9.17, 15) is 4.39 Å². The van der Waals surface area contributed by atoms with E-state index in [4.69, 9.17) is 10.3 Å². The predicted octanol–water partition coefficient (Wildman–Crippen LogP) is 1.41. The van der Waals surface area contributed by atoms with Crippen LogP contribution in [0.2, 0.25) is 0 Å². The van der Waals surface area contributed by atoms with Crippen molar-refractivity contribution in [2.24, 2.45) is 0 Å². The molecule has 0 radical (unpaired) electrons. The summed E-state index contributed by atoms with van der Waals surface area (Å²) in [7, 11) is 0. The maximum atomic E-state index is 12.8. The molecule has 3 rings (SSSR count). The minimum Gasteiger partial charge on any atom is -0.381 e. The van der Waals surface area contributed by atoms with Crippen molar-refractivity contribution in [1.29, 1.82) is 0 Å². The first kappa shape index (κ1) is 12.3. The van der Waals surface area contributed by atoms with Crippen LogP contribution < -0.4 is 5.73 Å². The fourth-order valence-corrected chi connectivity index (χ4v) is 1.69. The molecule has 0 bridgehead atoms. The molecule has 20 heavy (non-hydrogen) atoms. The summed E-state index contributed by atoms with van der Waals surface area (Å²) in [5.74, 6) is 0.817. The van der Waals surface area contributed by atoms with Crippen LogP contribution in [0.15, 0.2) is 28.8 Å². The fourth-order valence-electron chi connectivity index (χ4n) is 1.69. The SMILES string of the molecule is Cc1c(N)nnn1Cc1nc(-c2ccc(F)cc2)no1. The van der Waals surface area contributed by atoms with E-state index in [1.54, 1.807) is 23.7 Å². The lowest BCUT2D eigenvalue weighted by molar-refractivity contribution is 0.363. The summed E-state index contributed by atoms with van der Waals surface area (Å²) in [6, 6.07) is 5.85. The van der Waals surface area contributed by atoms with Gasteiger partial charge in [-0.2, -0.15) is 4.98 Å².